The largest absolute Gasteiger partial charge is 0.379 e. The number of nitrogens with zero attached hydrogens (tertiary/aromatic N) is 1. The van der Waals surface area contributed by atoms with E-state index < -0.39 is 0 Å². The highest BCUT2D eigenvalue weighted by Gasteiger charge is 2.03. The van der Waals surface area contributed by atoms with Crippen molar-refractivity contribution in [3.8, 4) is 0 Å². The van der Waals surface area contributed by atoms with E-state index in [4.69, 9.17) is 23.2 Å². The van der Waals surface area contributed by atoms with Crippen molar-refractivity contribution < 1.29 is 4.39 Å². The molecule has 0 saturated heterocycles. The molecule has 0 saturated carbocycles. The van der Waals surface area contributed by atoms with Gasteiger partial charge in [-0.2, -0.15) is 0 Å². The van der Waals surface area contributed by atoms with Gasteiger partial charge in [-0.1, -0.05) is 23.2 Å². The van der Waals surface area contributed by atoms with Crippen molar-refractivity contribution >= 4 is 40.2 Å². The first kappa shape index (κ1) is 11.6. The van der Waals surface area contributed by atoms with Crippen LogP contribution in [-0.2, 0) is 6.54 Å². The van der Waals surface area contributed by atoms with Crippen molar-refractivity contribution in [2.45, 2.75) is 6.54 Å². The number of benzene rings is 1. The van der Waals surface area contributed by atoms with E-state index in [0.29, 0.717) is 21.7 Å². The number of rotatable bonds is 3. The Morgan fingerprint density at radius 2 is 2.19 bits per heavy atom. The lowest BCUT2D eigenvalue weighted by molar-refractivity contribution is 0.628. The zero-order valence-electron chi connectivity index (χ0n) is 8.01. The van der Waals surface area contributed by atoms with E-state index in [2.05, 4.69) is 10.3 Å². The van der Waals surface area contributed by atoms with Gasteiger partial charge < -0.3 is 5.32 Å². The van der Waals surface area contributed by atoms with Crippen molar-refractivity contribution in [1.29, 1.82) is 0 Å². The predicted molar refractivity (Wildman–Crippen MR) is 65.9 cm³/mol. The summed E-state index contributed by atoms with van der Waals surface area (Å²) in [5.74, 6) is -0.351. The summed E-state index contributed by atoms with van der Waals surface area (Å²) in [7, 11) is 0. The smallest absolute Gasteiger partial charge is 0.183 e. The molecule has 16 heavy (non-hydrogen) atoms. The summed E-state index contributed by atoms with van der Waals surface area (Å²) in [4.78, 5) is 4.91. The zero-order valence-corrected chi connectivity index (χ0v) is 10.3. The van der Waals surface area contributed by atoms with Crippen LogP contribution in [0.2, 0.25) is 9.49 Å². The quantitative estimate of drug-likeness (QED) is 0.909. The third kappa shape index (κ3) is 2.84. The summed E-state index contributed by atoms with van der Waals surface area (Å²) in [6.45, 7) is 0.565. The van der Waals surface area contributed by atoms with Crippen molar-refractivity contribution in [2.75, 3.05) is 5.32 Å². The van der Waals surface area contributed by atoms with Gasteiger partial charge in [0.05, 0.1) is 17.3 Å². The van der Waals surface area contributed by atoms with E-state index in [9.17, 15) is 4.39 Å². The minimum Gasteiger partial charge on any atom is -0.379 e. The fourth-order valence-corrected chi connectivity index (χ4v) is 2.33. The molecular weight excluding hydrogens is 270 g/mol. The van der Waals surface area contributed by atoms with Crippen LogP contribution in [0, 0.1) is 5.82 Å². The van der Waals surface area contributed by atoms with Gasteiger partial charge in [0, 0.05) is 11.1 Å². The summed E-state index contributed by atoms with van der Waals surface area (Å²) in [6, 6.07) is 4.22. The highest BCUT2D eigenvalue weighted by molar-refractivity contribution is 7.15. The third-order valence-electron chi connectivity index (χ3n) is 1.91. The minimum absolute atomic E-state index is 0.351. The fourth-order valence-electron chi connectivity index (χ4n) is 1.18. The maximum Gasteiger partial charge on any atom is 0.183 e. The zero-order chi connectivity index (χ0) is 11.5. The van der Waals surface area contributed by atoms with Gasteiger partial charge in [0.15, 0.2) is 4.47 Å². The summed E-state index contributed by atoms with van der Waals surface area (Å²) in [6.07, 6.45) is 1.69. The second-order valence-electron chi connectivity index (χ2n) is 3.06. The summed E-state index contributed by atoms with van der Waals surface area (Å²) < 4.78 is 13.3. The molecule has 0 radical (unpaired) electrons. The van der Waals surface area contributed by atoms with Gasteiger partial charge in [-0.25, -0.2) is 9.37 Å². The van der Waals surface area contributed by atoms with E-state index >= 15 is 0 Å². The molecule has 0 spiro atoms. The molecule has 0 amide bonds. The average molecular weight is 277 g/mol. The highest BCUT2D eigenvalue weighted by atomic mass is 35.5. The molecule has 0 bridgehead atoms. The third-order valence-corrected chi connectivity index (χ3v) is 3.34. The lowest BCUT2D eigenvalue weighted by Gasteiger charge is -2.06. The highest BCUT2D eigenvalue weighted by Crippen LogP contribution is 2.24. The van der Waals surface area contributed by atoms with E-state index in [1.807, 2.05) is 0 Å². The van der Waals surface area contributed by atoms with Crippen LogP contribution in [0.4, 0.5) is 10.1 Å². The molecule has 2 nitrogen and oxygen atoms in total. The Bertz CT molecular complexity index is 501. The topological polar surface area (TPSA) is 24.9 Å². The predicted octanol–water partition coefficient (Wildman–Crippen LogP) is 4.20. The Balaban J connectivity index is 2.04. The summed E-state index contributed by atoms with van der Waals surface area (Å²) >= 11 is 12.9. The number of thiazole rings is 1. The Morgan fingerprint density at radius 1 is 1.38 bits per heavy atom. The molecule has 0 fully saturated rings. The molecule has 0 aliphatic heterocycles. The first-order valence-corrected chi connectivity index (χ1v) is 6.01. The van der Waals surface area contributed by atoms with Gasteiger partial charge in [-0.3, -0.25) is 0 Å². The van der Waals surface area contributed by atoms with E-state index in [-0.39, 0.29) is 5.82 Å². The van der Waals surface area contributed by atoms with Crippen LogP contribution in [0.5, 0.6) is 0 Å². The molecule has 1 heterocycles. The van der Waals surface area contributed by atoms with Crippen molar-refractivity contribution in [3.05, 3.63) is 44.6 Å². The van der Waals surface area contributed by atoms with Crippen LogP contribution in [-0.4, -0.2) is 4.98 Å². The lowest BCUT2D eigenvalue weighted by atomic mass is 10.3. The maximum atomic E-state index is 12.8. The van der Waals surface area contributed by atoms with Gasteiger partial charge in [-0.05, 0) is 18.2 Å². The van der Waals surface area contributed by atoms with E-state index in [1.54, 1.807) is 12.3 Å². The molecule has 2 aromatic rings. The van der Waals surface area contributed by atoms with Crippen molar-refractivity contribution in [1.82, 2.24) is 4.98 Å². The molecule has 0 atom stereocenters. The minimum atomic E-state index is -0.351. The van der Waals surface area contributed by atoms with Crippen LogP contribution in [0.3, 0.4) is 0 Å². The van der Waals surface area contributed by atoms with Crippen LogP contribution < -0.4 is 5.32 Å². The fraction of sp³-hybridized carbons (Fsp3) is 0.100. The molecule has 84 valence electrons. The Hall–Kier alpha value is -0.840. The molecule has 0 aliphatic rings. The standard InChI is InChI=1S/C10H7Cl2FN2S/c11-8-3-6(13)1-2-9(8)14-4-7-5-15-10(12)16-7/h1-3,5,14H,4H2. The normalized spacial score (nSPS) is 10.4. The average Bonchev–Trinajstić information content (AvgIpc) is 2.63. The van der Waals surface area contributed by atoms with Crippen LogP contribution in [0.25, 0.3) is 0 Å². The molecule has 6 heteroatoms. The molecule has 1 aromatic heterocycles. The Morgan fingerprint density at radius 3 is 2.81 bits per heavy atom. The number of hydrogen-bond donors (Lipinski definition) is 1. The number of hydrogen-bond acceptors (Lipinski definition) is 3. The SMILES string of the molecule is Fc1ccc(NCc2cnc(Cl)s2)c(Cl)c1. The molecule has 1 aromatic carbocycles. The van der Waals surface area contributed by atoms with Crippen molar-refractivity contribution in [2.24, 2.45) is 0 Å². The Labute approximate surface area is 106 Å². The lowest BCUT2D eigenvalue weighted by Crippen LogP contribution is -1.98. The molecule has 1 N–H and O–H groups in total. The van der Waals surface area contributed by atoms with E-state index in [1.165, 1.54) is 23.5 Å². The first-order chi connectivity index (χ1) is 7.65. The molecular formula is C10H7Cl2FN2S. The molecule has 2 rings (SSSR count). The number of halogens is 3. The van der Waals surface area contributed by atoms with Gasteiger partial charge in [0.1, 0.15) is 5.82 Å². The molecule has 0 aliphatic carbocycles. The van der Waals surface area contributed by atoms with Crippen LogP contribution in [0.15, 0.2) is 24.4 Å². The van der Waals surface area contributed by atoms with Crippen molar-refractivity contribution in [3.63, 3.8) is 0 Å². The Kier molecular flexibility index (Phi) is 3.63. The first-order valence-electron chi connectivity index (χ1n) is 4.44. The maximum absolute atomic E-state index is 12.8. The van der Waals surface area contributed by atoms with Crippen LogP contribution >= 0.6 is 34.5 Å². The van der Waals surface area contributed by atoms with Gasteiger partial charge in [0.25, 0.3) is 0 Å². The second kappa shape index (κ2) is 4.99. The number of anilines is 1. The number of aromatic nitrogens is 1. The van der Waals surface area contributed by atoms with Gasteiger partial charge >= 0.3 is 0 Å². The summed E-state index contributed by atoms with van der Waals surface area (Å²) in [5, 5.41) is 3.44. The van der Waals surface area contributed by atoms with Gasteiger partial charge in [-0.15, -0.1) is 11.3 Å². The van der Waals surface area contributed by atoms with E-state index in [0.717, 1.165) is 4.88 Å². The number of nitrogens with one attached hydrogen (secondary N) is 1. The van der Waals surface area contributed by atoms with Gasteiger partial charge in [0.2, 0.25) is 0 Å². The molecule has 0 unspecified atom stereocenters. The van der Waals surface area contributed by atoms with Crippen LogP contribution in [0.1, 0.15) is 4.88 Å². The monoisotopic (exact) mass is 276 g/mol. The summed E-state index contributed by atoms with van der Waals surface area (Å²) in [5.41, 5.74) is 0.688. The second-order valence-corrected chi connectivity index (χ2v) is 5.16.